The minimum Gasteiger partial charge on any atom is -0.325 e. The van der Waals surface area contributed by atoms with Crippen molar-refractivity contribution in [3.63, 3.8) is 0 Å². The maximum Gasteiger partial charge on any atom is 0.230 e. The maximum absolute atomic E-state index is 13.1. The summed E-state index contributed by atoms with van der Waals surface area (Å²) < 4.78 is 0. The van der Waals surface area contributed by atoms with E-state index in [9.17, 15) is 9.59 Å². The first-order valence-electron chi connectivity index (χ1n) is 8.71. The van der Waals surface area contributed by atoms with Gasteiger partial charge in [-0.2, -0.15) is 0 Å². The number of amides is 1. The van der Waals surface area contributed by atoms with Crippen LogP contribution in [0.1, 0.15) is 44.1 Å². The number of carbonyl (C=O) groups excluding carboxylic acids is 2. The number of nitrogens with one attached hydrogen (secondary N) is 1. The maximum atomic E-state index is 13.1. The molecule has 4 aliphatic carbocycles. The van der Waals surface area contributed by atoms with Crippen molar-refractivity contribution in [1.82, 2.24) is 0 Å². The van der Waals surface area contributed by atoms with Crippen LogP contribution in [0.5, 0.6) is 0 Å². The zero-order chi connectivity index (χ0) is 15.9. The number of rotatable bonds is 4. The monoisotopic (exact) mass is 309 g/mol. The average molecular weight is 309 g/mol. The second-order valence-electron chi connectivity index (χ2n) is 7.73. The number of anilines is 1. The van der Waals surface area contributed by atoms with Crippen molar-refractivity contribution in [3.05, 3.63) is 35.9 Å². The van der Waals surface area contributed by atoms with Gasteiger partial charge in [-0.25, -0.2) is 0 Å². The number of para-hydroxylation sites is 1. The van der Waals surface area contributed by atoms with Crippen LogP contribution in [-0.4, -0.2) is 12.2 Å². The lowest BCUT2D eigenvalue weighted by molar-refractivity contribution is -0.140. The van der Waals surface area contributed by atoms with Crippen LogP contribution in [0.4, 0.5) is 5.69 Å². The minimum absolute atomic E-state index is 0.143. The molecule has 4 saturated carbocycles. The SMILES string of the molecule is O=C/C=C/c1ccccc1NC(=O)C12CC3CC(CC(C3)C1)C2. The van der Waals surface area contributed by atoms with E-state index in [-0.39, 0.29) is 11.3 Å². The van der Waals surface area contributed by atoms with E-state index in [4.69, 9.17) is 0 Å². The summed E-state index contributed by atoms with van der Waals surface area (Å²) in [5.41, 5.74) is 1.56. The zero-order valence-electron chi connectivity index (χ0n) is 13.3. The average Bonchev–Trinajstić information content (AvgIpc) is 2.53. The van der Waals surface area contributed by atoms with Crippen molar-refractivity contribution < 1.29 is 9.59 Å². The number of allylic oxidation sites excluding steroid dienone is 1. The summed E-state index contributed by atoms with van der Waals surface area (Å²) in [5.74, 6) is 2.48. The minimum atomic E-state index is -0.143. The summed E-state index contributed by atoms with van der Waals surface area (Å²) >= 11 is 0. The molecule has 1 N–H and O–H groups in total. The first-order chi connectivity index (χ1) is 11.2. The fourth-order valence-electron chi connectivity index (χ4n) is 5.54. The van der Waals surface area contributed by atoms with Gasteiger partial charge in [0.2, 0.25) is 5.91 Å². The van der Waals surface area contributed by atoms with Gasteiger partial charge in [-0.3, -0.25) is 9.59 Å². The first kappa shape index (κ1) is 14.7. The largest absolute Gasteiger partial charge is 0.325 e. The van der Waals surface area contributed by atoms with Crippen molar-refractivity contribution >= 4 is 24.0 Å². The molecule has 23 heavy (non-hydrogen) atoms. The van der Waals surface area contributed by atoms with Gasteiger partial charge in [0.1, 0.15) is 6.29 Å². The molecule has 0 spiro atoms. The van der Waals surface area contributed by atoms with Gasteiger partial charge in [-0.1, -0.05) is 18.2 Å². The predicted octanol–water partition coefficient (Wildman–Crippen LogP) is 4.05. The van der Waals surface area contributed by atoms with Crippen LogP contribution >= 0.6 is 0 Å². The van der Waals surface area contributed by atoms with Gasteiger partial charge in [0, 0.05) is 5.69 Å². The molecule has 0 atom stereocenters. The second-order valence-corrected chi connectivity index (χ2v) is 7.73. The quantitative estimate of drug-likeness (QED) is 0.673. The van der Waals surface area contributed by atoms with E-state index < -0.39 is 0 Å². The van der Waals surface area contributed by atoms with Gasteiger partial charge >= 0.3 is 0 Å². The van der Waals surface area contributed by atoms with Crippen LogP contribution in [0, 0.1) is 23.2 Å². The van der Waals surface area contributed by atoms with Crippen molar-refractivity contribution in [2.45, 2.75) is 38.5 Å². The molecular formula is C20H23NO2. The van der Waals surface area contributed by atoms with E-state index in [1.807, 2.05) is 24.3 Å². The van der Waals surface area contributed by atoms with E-state index >= 15 is 0 Å². The van der Waals surface area contributed by atoms with Crippen molar-refractivity contribution in [1.29, 1.82) is 0 Å². The highest BCUT2D eigenvalue weighted by Gasteiger charge is 2.54. The summed E-state index contributed by atoms with van der Waals surface area (Å²) in [6.45, 7) is 0. The Morgan fingerprint density at radius 1 is 1.04 bits per heavy atom. The summed E-state index contributed by atoms with van der Waals surface area (Å²) in [5, 5.41) is 3.17. The number of benzene rings is 1. The highest BCUT2D eigenvalue weighted by molar-refractivity contribution is 5.97. The molecule has 0 unspecified atom stereocenters. The van der Waals surface area contributed by atoms with Crippen molar-refractivity contribution in [2.24, 2.45) is 23.2 Å². The Morgan fingerprint density at radius 2 is 1.65 bits per heavy atom. The highest BCUT2D eigenvalue weighted by atomic mass is 16.2. The number of hydrogen-bond acceptors (Lipinski definition) is 2. The van der Waals surface area contributed by atoms with E-state index in [1.54, 1.807) is 6.08 Å². The Hall–Kier alpha value is -1.90. The molecular weight excluding hydrogens is 286 g/mol. The Kier molecular flexibility index (Phi) is 3.59. The molecule has 1 aromatic rings. The number of hydrogen-bond donors (Lipinski definition) is 1. The lowest BCUT2D eigenvalue weighted by Gasteiger charge is -2.55. The molecule has 5 rings (SSSR count). The predicted molar refractivity (Wildman–Crippen MR) is 90.8 cm³/mol. The van der Waals surface area contributed by atoms with Gasteiger partial charge in [-0.15, -0.1) is 0 Å². The number of aldehydes is 1. The van der Waals surface area contributed by atoms with E-state index in [0.717, 1.165) is 54.6 Å². The zero-order valence-corrected chi connectivity index (χ0v) is 13.3. The Bertz CT molecular complexity index is 626. The van der Waals surface area contributed by atoms with Crippen molar-refractivity contribution in [2.75, 3.05) is 5.32 Å². The molecule has 3 nitrogen and oxygen atoms in total. The van der Waals surface area contributed by atoms with Crippen LogP contribution in [0.2, 0.25) is 0 Å². The third kappa shape index (κ3) is 2.62. The van der Waals surface area contributed by atoms with Crippen LogP contribution in [-0.2, 0) is 9.59 Å². The molecule has 4 fully saturated rings. The van der Waals surface area contributed by atoms with Crippen LogP contribution in [0.3, 0.4) is 0 Å². The third-order valence-electron chi connectivity index (χ3n) is 6.08. The van der Waals surface area contributed by atoms with Gasteiger partial charge < -0.3 is 5.32 Å². The fourth-order valence-corrected chi connectivity index (χ4v) is 5.54. The van der Waals surface area contributed by atoms with Crippen LogP contribution in [0.25, 0.3) is 6.08 Å². The molecule has 4 aliphatic rings. The smallest absolute Gasteiger partial charge is 0.230 e. The Balaban J connectivity index is 1.57. The molecule has 1 amide bonds. The highest BCUT2D eigenvalue weighted by Crippen LogP contribution is 2.60. The molecule has 0 radical (unpaired) electrons. The normalized spacial score (nSPS) is 34.7. The summed E-state index contributed by atoms with van der Waals surface area (Å²) in [4.78, 5) is 23.7. The van der Waals surface area contributed by atoms with E-state index in [1.165, 1.54) is 25.3 Å². The summed E-state index contributed by atoms with van der Waals surface area (Å²) in [6, 6.07) is 7.69. The lowest BCUT2D eigenvalue weighted by Crippen LogP contribution is -2.51. The Labute approximate surface area is 137 Å². The first-order valence-corrected chi connectivity index (χ1v) is 8.71. The van der Waals surface area contributed by atoms with Gasteiger partial charge in [0.25, 0.3) is 0 Å². The van der Waals surface area contributed by atoms with Crippen molar-refractivity contribution in [3.8, 4) is 0 Å². The second kappa shape index (κ2) is 5.63. The topological polar surface area (TPSA) is 46.2 Å². The molecule has 0 heterocycles. The van der Waals surface area contributed by atoms with E-state index in [2.05, 4.69) is 5.32 Å². The van der Waals surface area contributed by atoms with Gasteiger partial charge in [0.05, 0.1) is 5.41 Å². The molecule has 0 saturated heterocycles. The molecule has 3 heteroatoms. The summed E-state index contributed by atoms with van der Waals surface area (Å²) in [6.07, 6.45) is 11.2. The van der Waals surface area contributed by atoms with Crippen LogP contribution < -0.4 is 5.32 Å². The standard InChI is InChI=1S/C20H23NO2/c22-7-3-5-17-4-1-2-6-18(17)21-19(23)20-11-14-8-15(12-20)10-16(9-14)13-20/h1-7,14-16H,8-13H2,(H,21,23)/b5-3+. The van der Waals surface area contributed by atoms with Gasteiger partial charge in [0.15, 0.2) is 0 Å². The molecule has 4 bridgehead atoms. The third-order valence-corrected chi connectivity index (χ3v) is 6.08. The molecule has 0 aliphatic heterocycles. The lowest BCUT2D eigenvalue weighted by atomic mass is 9.49. The van der Waals surface area contributed by atoms with Crippen LogP contribution in [0.15, 0.2) is 30.3 Å². The fraction of sp³-hybridized carbons (Fsp3) is 0.500. The Morgan fingerprint density at radius 3 is 2.26 bits per heavy atom. The van der Waals surface area contributed by atoms with E-state index in [0.29, 0.717) is 0 Å². The summed E-state index contributed by atoms with van der Waals surface area (Å²) in [7, 11) is 0. The molecule has 0 aromatic heterocycles. The molecule has 120 valence electrons. The number of carbonyl (C=O) groups is 2. The molecule has 1 aromatic carbocycles. The van der Waals surface area contributed by atoms with Gasteiger partial charge in [-0.05, 0) is 80.1 Å².